The lowest BCUT2D eigenvalue weighted by Gasteiger charge is -1.98. The second-order valence-corrected chi connectivity index (χ2v) is 6.99. The number of hydrogen-bond donors (Lipinski definition) is 0. The molecule has 5 heteroatoms. The van der Waals surface area contributed by atoms with Crippen molar-refractivity contribution in [2.24, 2.45) is 0 Å². The van der Waals surface area contributed by atoms with Crippen LogP contribution < -0.4 is 0 Å². The predicted octanol–water partition coefficient (Wildman–Crippen LogP) is 6.64. The first-order chi connectivity index (χ1) is 10.7. The van der Waals surface area contributed by atoms with E-state index in [1.807, 2.05) is 53.9 Å². The van der Waals surface area contributed by atoms with Gasteiger partial charge >= 0.3 is 0 Å². The fraction of sp³-hybridized carbons (Fsp3) is 0. The number of hydrogen-bond acceptors (Lipinski definition) is 3. The highest BCUT2D eigenvalue weighted by atomic mass is 79.9. The van der Waals surface area contributed by atoms with E-state index in [0.29, 0.717) is 5.02 Å². The van der Waals surface area contributed by atoms with Crippen LogP contribution in [0.15, 0.2) is 62.8 Å². The van der Waals surface area contributed by atoms with E-state index in [-0.39, 0.29) is 0 Å². The van der Waals surface area contributed by atoms with E-state index in [9.17, 15) is 0 Å². The molecule has 4 rings (SSSR count). The molecule has 0 aliphatic rings. The van der Waals surface area contributed by atoms with Crippen LogP contribution in [-0.2, 0) is 0 Å². The summed E-state index contributed by atoms with van der Waals surface area (Å²) in [6.07, 6.45) is 0. The van der Waals surface area contributed by atoms with Crippen molar-refractivity contribution < 1.29 is 4.42 Å². The summed E-state index contributed by atoms with van der Waals surface area (Å²) in [5.74, 6) is 0.766. The Morgan fingerprint density at radius 2 is 1.95 bits per heavy atom. The largest absolute Gasteiger partial charge is 0.454 e. The van der Waals surface area contributed by atoms with Crippen molar-refractivity contribution in [1.82, 2.24) is 4.98 Å². The molecular weight excluding hydrogens is 382 g/mol. The predicted molar refractivity (Wildman–Crippen MR) is 95.5 cm³/mol. The second-order valence-electron chi connectivity index (χ2n) is 4.81. The molecule has 0 saturated heterocycles. The SMILES string of the molecule is Clc1ccccc1-c1nc(-c2cc3cc(Br)ccc3o2)cs1. The topological polar surface area (TPSA) is 26.0 Å². The van der Waals surface area contributed by atoms with Gasteiger partial charge in [-0.3, -0.25) is 0 Å². The van der Waals surface area contributed by atoms with E-state index in [0.717, 1.165) is 37.5 Å². The van der Waals surface area contributed by atoms with Gasteiger partial charge in [-0.05, 0) is 30.3 Å². The summed E-state index contributed by atoms with van der Waals surface area (Å²) in [6.45, 7) is 0. The number of rotatable bonds is 2. The molecule has 0 bridgehead atoms. The van der Waals surface area contributed by atoms with Gasteiger partial charge in [-0.25, -0.2) is 4.98 Å². The summed E-state index contributed by atoms with van der Waals surface area (Å²) < 4.78 is 6.91. The molecule has 2 nitrogen and oxygen atoms in total. The maximum atomic E-state index is 6.23. The van der Waals surface area contributed by atoms with Gasteiger partial charge in [0.15, 0.2) is 5.76 Å². The maximum absolute atomic E-state index is 6.23. The number of benzene rings is 2. The third-order valence-corrected chi connectivity index (χ3v) is 5.04. The highest BCUT2D eigenvalue weighted by Crippen LogP contribution is 2.35. The van der Waals surface area contributed by atoms with Gasteiger partial charge in [0, 0.05) is 20.8 Å². The van der Waals surface area contributed by atoms with E-state index >= 15 is 0 Å². The van der Waals surface area contributed by atoms with E-state index in [1.54, 1.807) is 11.3 Å². The lowest BCUT2D eigenvalue weighted by molar-refractivity contribution is 0.629. The zero-order valence-electron chi connectivity index (χ0n) is 11.2. The molecule has 2 heterocycles. The number of furan rings is 1. The Kier molecular flexibility index (Phi) is 3.53. The van der Waals surface area contributed by atoms with E-state index < -0.39 is 0 Å². The number of halogens is 2. The smallest absolute Gasteiger partial charge is 0.154 e. The molecule has 0 spiro atoms. The third kappa shape index (κ3) is 2.47. The van der Waals surface area contributed by atoms with Crippen LogP contribution in [0.4, 0.5) is 0 Å². The minimum absolute atomic E-state index is 0.705. The summed E-state index contributed by atoms with van der Waals surface area (Å²) in [4.78, 5) is 4.66. The lowest BCUT2D eigenvalue weighted by Crippen LogP contribution is -1.78. The number of thiazole rings is 1. The van der Waals surface area contributed by atoms with Gasteiger partial charge < -0.3 is 4.42 Å². The van der Waals surface area contributed by atoms with Gasteiger partial charge in [-0.2, -0.15) is 0 Å². The van der Waals surface area contributed by atoms with Crippen molar-refractivity contribution in [2.75, 3.05) is 0 Å². The van der Waals surface area contributed by atoms with Gasteiger partial charge in [-0.1, -0.05) is 45.7 Å². The van der Waals surface area contributed by atoms with Crippen LogP contribution in [0.5, 0.6) is 0 Å². The molecule has 0 unspecified atom stereocenters. The van der Waals surface area contributed by atoms with Crippen LogP contribution in [-0.4, -0.2) is 4.98 Å². The fourth-order valence-corrected chi connectivity index (χ4v) is 3.79. The van der Waals surface area contributed by atoms with Crippen LogP contribution in [0.3, 0.4) is 0 Å². The molecule has 0 radical (unpaired) electrons. The van der Waals surface area contributed by atoms with Gasteiger partial charge in [0.1, 0.15) is 16.3 Å². The van der Waals surface area contributed by atoms with Crippen molar-refractivity contribution in [2.45, 2.75) is 0 Å². The molecule has 0 atom stereocenters. The van der Waals surface area contributed by atoms with Crippen molar-refractivity contribution in [3.63, 3.8) is 0 Å². The van der Waals surface area contributed by atoms with Crippen LogP contribution in [0.25, 0.3) is 33.0 Å². The molecule has 0 N–H and O–H groups in total. The van der Waals surface area contributed by atoms with Crippen molar-refractivity contribution in [1.29, 1.82) is 0 Å². The summed E-state index contributed by atoms with van der Waals surface area (Å²) in [7, 11) is 0. The van der Waals surface area contributed by atoms with Crippen molar-refractivity contribution >= 4 is 49.8 Å². The molecule has 0 amide bonds. The molecule has 4 aromatic rings. The standard InChI is InChI=1S/C17H9BrClNOS/c18-11-5-6-15-10(7-11)8-16(21-15)14-9-22-17(20-14)12-3-1-2-4-13(12)19/h1-9H. The Bertz CT molecular complexity index is 976. The van der Waals surface area contributed by atoms with Crippen molar-refractivity contribution in [3.8, 4) is 22.0 Å². The van der Waals surface area contributed by atoms with Gasteiger partial charge in [0.25, 0.3) is 0 Å². The molecule has 2 aromatic carbocycles. The second kappa shape index (κ2) is 5.54. The molecule has 0 aliphatic heterocycles. The molecule has 22 heavy (non-hydrogen) atoms. The molecule has 0 saturated carbocycles. The Labute approximate surface area is 144 Å². The minimum atomic E-state index is 0.705. The van der Waals surface area contributed by atoms with Crippen LogP contribution in [0.1, 0.15) is 0 Å². The number of fused-ring (bicyclic) bond motifs is 1. The average Bonchev–Trinajstić information content (AvgIpc) is 3.13. The van der Waals surface area contributed by atoms with Gasteiger partial charge in [0.2, 0.25) is 0 Å². The van der Waals surface area contributed by atoms with Gasteiger partial charge in [-0.15, -0.1) is 11.3 Å². The van der Waals surface area contributed by atoms with E-state index in [2.05, 4.69) is 20.9 Å². The van der Waals surface area contributed by atoms with Crippen LogP contribution in [0, 0.1) is 0 Å². The normalized spacial score (nSPS) is 11.2. The molecule has 108 valence electrons. The number of nitrogens with zero attached hydrogens (tertiary/aromatic N) is 1. The molecule has 0 aliphatic carbocycles. The first-order valence-electron chi connectivity index (χ1n) is 6.60. The maximum Gasteiger partial charge on any atom is 0.154 e. The monoisotopic (exact) mass is 389 g/mol. The van der Waals surface area contributed by atoms with Crippen LogP contribution >= 0.6 is 38.9 Å². The van der Waals surface area contributed by atoms with E-state index in [1.165, 1.54) is 0 Å². The number of aromatic nitrogens is 1. The minimum Gasteiger partial charge on any atom is -0.454 e. The first kappa shape index (κ1) is 14.0. The summed E-state index contributed by atoms with van der Waals surface area (Å²) >= 11 is 11.3. The Balaban J connectivity index is 1.78. The van der Waals surface area contributed by atoms with Crippen LogP contribution in [0.2, 0.25) is 5.02 Å². The fourth-order valence-electron chi connectivity index (χ4n) is 2.29. The molecule has 2 aromatic heterocycles. The average molecular weight is 391 g/mol. The Hall–Kier alpha value is -1.62. The zero-order chi connectivity index (χ0) is 15.1. The Morgan fingerprint density at radius 1 is 1.09 bits per heavy atom. The van der Waals surface area contributed by atoms with Crippen molar-refractivity contribution in [3.05, 3.63) is 63.4 Å². The summed E-state index contributed by atoms with van der Waals surface area (Å²) in [6, 6.07) is 15.7. The highest BCUT2D eigenvalue weighted by Gasteiger charge is 2.13. The lowest BCUT2D eigenvalue weighted by atomic mass is 10.2. The third-order valence-electron chi connectivity index (χ3n) is 3.34. The summed E-state index contributed by atoms with van der Waals surface area (Å²) in [5, 5.41) is 4.64. The highest BCUT2D eigenvalue weighted by molar-refractivity contribution is 9.10. The Morgan fingerprint density at radius 3 is 2.82 bits per heavy atom. The summed E-state index contributed by atoms with van der Waals surface area (Å²) in [5.41, 5.74) is 2.62. The van der Waals surface area contributed by atoms with E-state index in [4.69, 9.17) is 16.0 Å². The molecular formula is C17H9BrClNOS. The molecule has 0 fully saturated rings. The first-order valence-corrected chi connectivity index (χ1v) is 8.66. The zero-order valence-corrected chi connectivity index (χ0v) is 14.4. The van der Waals surface area contributed by atoms with Gasteiger partial charge in [0.05, 0.1) is 5.02 Å². The quantitative estimate of drug-likeness (QED) is 0.383.